The summed E-state index contributed by atoms with van der Waals surface area (Å²) in [5.74, 6) is 0. The first-order valence-corrected chi connectivity index (χ1v) is 9.60. The molecule has 0 saturated carbocycles. The maximum Gasteiger partial charge on any atom is 0.414 e. The van der Waals surface area contributed by atoms with Crippen LogP contribution in [0.15, 0.2) is 54.6 Å². The Labute approximate surface area is 164 Å². The van der Waals surface area contributed by atoms with E-state index < -0.39 is 6.09 Å². The van der Waals surface area contributed by atoms with Gasteiger partial charge in [-0.25, -0.2) is 9.59 Å². The van der Waals surface area contributed by atoms with Crippen LogP contribution in [0.2, 0.25) is 0 Å². The topological polar surface area (TPSA) is 70.1 Å². The third kappa shape index (κ3) is 3.67. The average Bonchev–Trinajstić information content (AvgIpc) is 2.72. The summed E-state index contributed by atoms with van der Waals surface area (Å²) >= 11 is 0. The van der Waals surface area contributed by atoms with Gasteiger partial charge in [-0.2, -0.15) is 0 Å². The molecule has 146 valence electrons. The molecular formula is C22H24N2O4. The Kier molecular flexibility index (Phi) is 4.94. The summed E-state index contributed by atoms with van der Waals surface area (Å²) < 4.78 is 5.60. The van der Waals surface area contributed by atoms with E-state index in [4.69, 9.17) is 4.74 Å². The predicted octanol–water partition coefficient (Wildman–Crippen LogP) is 4.15. The summed E-state index contributed by atoms with van der Waals surface area (Å²) in [6, 6.07) is 17.6. The van der Waals surface area contributed by atoms with Gasteiger partial charge in [-0.15, -0.1) is 0 Å². The molecule has 2 amide bonds. The summed E-state index contributed by atoms with van der Waals surface area (Å²) in [6.07, 6.45) is 1.13. The number of rotatable bonds is 2. The molecule has 6 heteroatoms. The molecule has 2 aromatic carbocycles. The summed E-state index contributed by atoms with van der Waals surface area (Å²) in [6.45, 7) is 1.80. The van der Waals surface area contributed by atoms with Crippen LogP contribution in [0.3, 0.4) is 0 Å². The van der Waals surface area contributed by atoms with Gasteiger partial charge in [-0.05, 0) is 41.9 Å². The minimum atomic E-state index is -0.870. The number of carboxylic acid groups (broad SMARTS) is 1. The van der Waals surface area contributed by atoms with Crippen LogP contribution in [0.4, 0.5) is 15.3 Å². The third-order valence-electron chi connectivity index (χ3n) is 5.86. The van der Waals surface area contributed by atoms with Gasteiger partial charge in [0.2, 0.25) is 0 Å². The largest absolute Gasteiger partial charge is 0.465 e. The van der Waals surface area contributed by atoms with Gasteiger partial charge in [-0.3, -0.25) is 4.90 Å². The van der Waals surface area contributed by atoms with Crippen LogP contribution in [0, 0.1) is 5.41 Å². The monoisotopic (exact) mass is 380 g/mol. The number of para-hydroxylation sites is 1. The Morgan fingerprint density at radius 2 is 1.68 bits per heavy atom. The lowest BCUT2D eigenvalue weighted by Crippen LogP contribution is -2.52. The standard InChI is InChI=1S/C22H24N2O4/c25-20(26)23-12-10-22(11-13-23)14-18-8-4-5-9-19(18)24(16-22)21(27)28-15-17-6-2-1-3-7-17/h1-9H,10-16H2,(H,25,26). The normalized spacial score (nSPS) is 17.9. The SMILES string of the molecule is O=C(O)N1CCC2(CC1)Cc1ccccc1N(C(=O)OCc1ccccc1)C2. The number of nitrogens with zero attached hydrogens (tertiary/aromatic N) is 2. The number of fused-ring (bicyclic) bond motifs is 1. The number of hydrogen-bond donors (Lipinski definition) is 1. The van der Waals surface area contributed by atoms with Crippen molar-refractivity contribution in [2.75, 3.05) is 24.5 Å². The van der Waals surface area contributed by atoms with E-state index in [0.717, 1.165) is 36.1 Å². The molecule has 2 heterocycles. The van der Waals surface area contributed by atoms with E-state index in [-0.39, 0.29) is 18.1 Å². The summed E-state index contributed by atoms with van der Waals surface area (Å²) in [5.41, 5.74) is 2.86. The van der Waals surface area contributed by atoms with Gasteiger partial charge >= 0.3 is 12.2 Å². The van der Waals surface area contributed by atoms with E-state index in [1.165, 1.54) is 4.90 Å². The molecule has 0 bridgehead atoms. The van der Waals surface area contributed by atoms with Crippen molar-refractivity contribution in [1.29, 1.82) is 0 Å². The van der Waals surface area contributed by atoms with E-state index in [1.807, 2.05) is 48.5 Å². The molecule has 1 N–H and O–H groups in total. The zero-order valence-electron chi connectivity index (χ0n) is 15.7. The van der Waals surface area contributed by atoms with Crippen molar-refractivity contribution in [3.05, 3.63) is 65.7 Å². The highest BCUT2D eigenvalue weighted by Gasteiger charge is 2.43. The molecule has 6 nitrogen and oxygen atoms in total. The van der Waals surface area contributed by atoms with Crippen molar-refractivity contribution >= 4 is 17.9 Å². The highest BCUT2D eigenvalue weighted by molar-refractivity contribution is 5.89. The van der Waals surface area contributed by atoms with E-state index in [2.05, 4.69) is 6.07 Å². The Balaban J connectivity index is 1.52. The number of ether oxygens (including phenoxy) is 1. The number of carbonyl (C=O) groups excluding carboxylic acids is 1. The van der Waals surface area contributed by atoms with Crippen LogP contribution < -0.4 is 4.90 Å². The molecular weight excluding hydrogens is 356 g/mol. The molecule has 0 aromatic heterocycles. The number of likely N-dealkylation sites (tertiary alicyclic amines) is 1. The summed E-state index contributed by atoms with van der Waals surface area (Å²) in [5, 5.41) is 9.24. The molecule has 2 aliphatic heterocycles. The lowest BCUT2D eigenvalue weighted by Gasteiger charge is -2.47. The van der Waals surface area contributed by atoms with Gasteiger partial charge in [-0.1, -0.05) is 48.5 Å². The number of benzene rings is 2. The third-order valence-corrected chi connectivity index (χ3v) is 5.86. The molecule has 1 saturated heterocycles. The number of hydrogen-bond acceptors (Lipinski definition) is 3. The molecule has 0 radical (unpaired) electrons. The maximum absolute atomic E-state index is 12.9. The number of anilines is 1. The van der Waals surface area contributed by atoms with Crippen molar-refractivity contribution < 1.29 is 19.4 Å². The quantitative estimate of drug-likeness (QED) is 0.850. The first kappa shape index (κ1) is 18.3. The van der Waals surface area contributed by atoms with Gasteiger partial charge < -0.3 is 14.7 Å². The van der Waals surface area contributed by atoms with Gasteiger partial charge in [0.25, 0.3) is 0 Å². The molecule has 0 atom stereocenters. The fourth-order valence-electron chi connectivity index (χ4n) is 4.27. The van der Waals surface area contributed by atoms with Gasteiger partial charge in [0, 0.05) is 19.6 Å². The minimum absolute atomic E-state index is 0.105. The van der Waals surface area contributed by atoms with Crippen LogP contribution in [-0.4, -0.2) is 41.8 Å². The number of carbonyl (C=O) groups is 2. The number of amides is 2. The Bertz CT molecular complexity index is 860. The second-order valence-electron chi connectivity index (χ2n) is 7.70. The van der Waals surface area contributed by atoms with Crippen LogP contribution >= 0.6 is 0 Å². The van der Waals surface area contributed by atoms with Crippen molar-refractivity contribution in [3.8, 4) is 0 Å². The highest BCUT2D eigenvalue weighted by atomic mass is 16.6. The Hall–Kier alpha value is -3.02. The number of piperidine rings is 1. The first-order valence-electron chi connectivity index (χ1n) is 9.60. The average molecular weight is 380 g/mol. The molecule has 4 rings (SSSR count). The zero-order chi connectivity index (χ0) is 19.6. The maximum atomic E-state index is 12.9. The summed E-state index contributed by atoms with van der Waals surface area (Å²) in [7, 11) is 0. The molecule has 2 aliphatic rings. The first-order chi connectivity index (χ1) is 13.6. The predicted molar refractivity (Wildman–Crippen MR) is 105 cm³/mol. The lowest BCUT2D eigenvalue weighted by molar-refractivity contribution is 0.0859. The van der Waals surface area contributed by atoms with E-state index in [1.54, 1.807) is 4.90 Å². The van der Waals surface area contributed by atoms with Crippen molar-refractivity contribution in [3.63, 3.8) is 0 Å². The molecule has 0 aliphatic carbocycles. The molecule has 28 heavy (non-hydrogen) atoms. The lowest BCUT2D eigenvalue weighted by atomic mass is 9.71. The van der Waals surface area contributed by atoms with Crippen molar-refractivity contribution in [2.24, 2.45) is 5.41 Å². The van der Waals surface area contributed by atoms with E-state index in [0.29, 0.717) is 19.6 Å². The second kappa shape index (κ2) is 7.54. The Morgan fingerprint density at radius 3 is 2.39 bits per heavy atom. The smallest absolute Gasteiger partial charge is 0.414 e. The zero-order valence-corrected chi connectivity index (χ0v) is 15.7. The van der Waals surface area contributed by atoms with Gasteiger partial charge in [0.05, 0.1) is 5.69 Å². The minimum Gasteiger partial charge on any atom is -0.465 e. The van der Waals surface area contributed by atoms with E-state index >= 15 is 0 Å². The van der Waals surface area contributed by atoms with Crippen molar-refractivity contribution in [1.82, 2.24) is 4.90 Å². The van der Waals surface area contributed by atoms with Crippen LogP contribution in [0.5, 0.6) is 0 Å². The molecule has 1 fully saturated rings. The second-order valence-corrected chi connectivity index (χ2v) is 7.70. The Morgan fingerprint density at radius 1 is 1.00 bits per heavy atom. The highest BCUT2D eigenvalue weighted by Crippen LogP contribution is 2.43. The van der Waals surface area contributed by atoms with Crippen LogP contribution in [0.1, 0.15) is 24.0 Å². The molecule has 0 unspecified atom stereocenters. The fourth-order valence-corrected chi connectivity index (χ4v) is 4.27. The van der Waals surface area contributed by atoms with Crippen LogP contribution in [0.25, 0.3) is 0 Å². The molecule has 1 spiro atoms. The van der Waals surface area contributed by atoms with Crippen molar-refractivity contribution in [2.45, 2.75) is 25.9 Å². The fraction of sp³-hybridized carbons (Fsp3) is 0.364. The van der Waals surface area contributed by atoms with E-state index in [9.17, 15) is 14.7 Å². The van der Waals surface area contributed by atoms with Gasteiger partial charge in [0.15, 0.2) is 0 Å². The van der Waals surface area contributed by atoms with Crippen LogP contribution in [-0.2, 0) is 17.8 Å². The summed E-state index contributed by atoms with van der Waals surface area (Å²) in [4.78, 5) is 27.4. The van der Waals surface area contributed by atoms with Gasteiger partial charge in [0.1, 0.15) is 6.61 Å². The molecule has 2 aromatic rings.